The van der Waals surface area contributed by atoms with Crippen LogP contribution in [0.1, 0.15) is 55.3 Å². The van der Waals surface area contributed by atoms with Crippen molar-refractivity contribution < 1.29 is 0 Å². The van der Waals surface area contributed by atoms with E-state index in [2.05, 4.69) is 74.8 Å². The molecule has 0 bridgehead atoms. The first-order valence-corrected chi connectivity index (χ1v) is 8.31. The van der Waals surface area contributed by atoms with E-state index in [1.165, 1.54) is 22.4 Å². The van der Waals surface area contributed by atoms with Crippen molar-refractivity contribution in [2.45, 2.75) is 46.2 Å². The SMILES string of the molecule is Cc1ccsc1C(C)NC(CC(C)C)c1ccccc1. The molecule has 1 N–H and O–H groups in total. The first-order valence-electron chi connectivity index (χ1n) is 7.43. The first kappa shape index (κ1) is 15.3. The maximum Gasteiger partial charge on any atom is 0.0393 e. The summed E-state index contributed by atoms with van der Waals surface area (Å²) in [6, 6.07) is 13.8. The zero-order valence-electron chi connectivity index (χ0n) is 12.9. The molecule has 20 heavy (non-hydrogen) atoms. The summed E-state index contributed by atoms with van der Waals surface area (Å²) in [5.41, 5.74) is 2.79. The lowest BCUT2D eigenvalue weighted by molar-refractivity contribution is 0.396. The van der Waals surface area contributed by atoms with Gasteiger partial charge in [0.2, 0.25) is 0 Å². The summed E-state index contributed by atoms with van der Waals surface area (Å²) in [4.78, 5) is 1.45. The van der Waals surface area contributed by atoms with E-state index in [0.29, 0.717) is 18.0 Å². The molecule has 1 heterocycles. The lowest BCUT2D eigenvalue weighted by Crippen LogP contribution is -2.25. The van der Waals surface area contributed by atoms with Gasteiger partial charge in [0.05, 0.1) is 0 Å². The molecule has 1 nitrogen and oxygen atoms in total. The fourth-order valence-corrected chi connectivity index (χ4v) is 3.61. The normalized spacial score (nSPS) is 14.4. The fourth-order valence-electron chi connectivity index (χ4n) is 2.66. The van der Waals surface area contributed by atoms with Crippen LogP contribution in [0.15, 0.2) is 41.8 Å². The molecule has 0 radical (unpaired) electrons. The second-order valence-corrected chi connectivity index (χ2v) is 6.90. The Bertz CT molecular complexity index is 515. The highest BCUT2D eigenvalue weighted by Crippen LogP contribution is 2.29. The van der Waals surface area contributed by atoms with Gasteiger partial charge in [0, 0.05) is 17.0 Å². The third-order valence-electron chi connectivity index (χ3n) is 3.66. The Morgan fingerprint density at radius 2 is 1.75 bits per heavy atom. The molecule has 0 saturated carbocycles. The van der Waals surface area contributed by atoms with Gasteiger partial charge in [0.1, 0.15) is 0 Å². The zero-order valence-corrected chi connectivity index (χ0v) is 13.7. The molecule has 0 aliphatic carbocycles. The molecule has 0 fully saturated rings. The van der Waals surface area contributed by atoms with Crippen LogP contribution >= 0.6 is 11.3 Å². The Hall–Kier alpha value is -1.12. The lowest BCUT2D eigenvalue weighted by Gasteiger charge is -2.25. The standard InChI is InChI=1S/C18H25NS/c1-13(2)12-17(16-8-6-5-7-9-16)19-15(4)18-14(3)10-11-20-18/h5-11,13,15,17,19H,12H2,1-4H3. The second kappa shape index (κ2) is 7.05. The van der Waals surface area contributed by atoms with Crippen LogP contribution in [-0.4, -0.2) is 0 Å². The van der Waals surface area contributed by atoms with Crippen LogP contribution in [0.2, 0.25) is 0 Å². The largest absolute Gasteiger partial charge is 0.303 e. The van der Waals surface area contributed by atoms with E-state index in [1.54, 1.807) is 0 Å². The van der Waals surface area contributed by atoms with Crippen molar-refractivity contribution in [3.63, 3.8) is 0 Å². The summed E-state index contributed by atoms with van der Waals surface area (Å²) < 4.78 is 0. The highest BCUT2D eigenvalue weighted by molar-refractivity contribution is 7.10. The molecule has 0 saturated heterocycles. The van der Waals surface area contributed by atoms with Gasteiger partial charge in [-0.25, -0.2) is 0 Å². The molecule has 0 spiro atoms. The Labute approximate surface area is 127 Å². The van der Waals surface area contributed by atoms with Gasteiger partial charge in [-0.2, -0.15) is 0 Å². The molecule has 2 rings (SSSR count). The number of hydrogen-bond acceptors (Lipinski definition) is 2. The third-order valence-corrected chi connectivity index (χ3v) is 4.86. The van der Waals surface area contributed by atoms with Crippen molar-refractivity contribution in [2.75, 3.05) is 0 Å². The van der Waals surface area contributed by atoms with Gasteiger partial charge in [0.15, 0.2) is 0 Å². The third kappa shape index (κ3) is 3.94. The molecule has 1 aromatic carbocycles. The van der Waals surface area contributed by atoms with Crippen LogP contribution < -0.4 is 5.32 Å². The first-order chi connectivity index (χ1) is 9.58. The summed E-state index contributed by atoms with van der Waals surface area (Å²) in [6.45, 7) is 9.05. The van der Waals surface area contributed by atoms with Crippen molar-refractivity contribution in [1.82, 2.24) is 5.32 Å². The van der Waals surface area contributed by atoms with E-state index in [4.69, 9.17) is 0 Å². The van der Waals surface area contributed by atoms with Crippen LogP contribution in [0, 0.1) is 12.8 Å². The number of rotatable bonds is 6. The minimum Gasteiger partial charge on any atom is -0.303 e. The molecule has 1 aromatic heterocycles. The van der Waals surface area contributed by atoms with Crippen LogP contribution in [0.25, 0.3) is 0 Å². The maximum absolute atomic E-state index is 3.82. The van der Waals surface area contributed by atoms with Gasteiger partial charge in [-0.05, 0) is 48.8 Å². The molecule has 2 atom stereocenters. The van der Waals surface area contributed by atoms with Crippen molar-refractivity contribution in [2.24, 2.45) is 5.92 Å². The predicted molar refractivity (Wildman–Crippen MR) is 89.2 cm³/mol. The zero-order chi connectivity index (χ0) is 14.5. The molecule has 2 aromatic rings. The van der Waals surface area contributed by atoms with Crippen LogP contribution in [-0.2, 0) is 0 Å². The number of nitrogens with one attached hydrogen (secondary N) is 1. The van der Waals surface area contributed by atoms with Crippen LogP contribution in [0.3, 0.4) is 0 Å². The monoisotopic (exact) mass is 287 g/mol. The summed E-state index contributed by atoms with van der Waals surface area (Å²) >= 11 is 1.85. The van der Waals surface area contributed by atoms with Gasteiger partial charge in [0.25, 0.3) is 0 Å². The summed E-state index contributed by atoms with van der Waals surface area (Å²) in [5, 5.41) is 6.00. The van der Waals surface area contributed by atoms with Gasteiger partial charge in [-0.15, -0.1) is 11.3 Å². The molecule has 108 valence electrons. The Morgan fingerprint density at radius 3 is 2.30 bits per heavy atom. The lowest BCUT2D eigenvalue weighted by atomic mass is 9.96. The fraction of sp³-hybridized carbons (Fsp3) is 0.444. The van der Waals surface area contributed by atoms with E-state index in [1.807, 2.05) is 11.3 Å². The van der Waals surface area contributed by atoms with E-state index < -0.39 is 0 Å². The quantitative estimate of drug-likeness (QED) is 0.740. The highest BCUT2D eigenvalue weighted by atomic mass is 32.1. The van der Waals surface area contributed by atoms with Gasteiger partial charge >= 0.3 is 0 Å². The second-order valence-electron chi connectivity index (χ2n) is 5.95. The van der Waals surface area contributed by atoms with Crippen molar-refractivity contribution >= 4 is 11.3 Å². The molecule has 2 heteroatoms. The van der Waals surface area contributed by atoms with Gasteiger partial charge in [-0.1, -0.05) is 44.2 Å². The maximum atomic E-state index is 3.82. The van der Waals surface area contributed by atoms with E-state index in [9.17, 15) is 0 Å². The Kier molecular flexibility index (Phi) is 5.38. The summed E-state index contributed by atoms with van der Waals surface area (Å²) in [6.07, 6.45) is 1.17. The Balaban J connectivity index is 2.14. The van der Waals surface area contributed by atoms with E-state index in [0.717, 1.165) is 0 Å². The average Bonchev–Trinajstić information content (AvgIpc) is 2.85. The smallest absolute Gasteiger partial charge is 0.0393 e. The van der Waals surface area contributed by atoms with Crippen LogP contribution in [0.4, 0.5) is 0 Å². The molecule has 0 aliphatic heterocycles. The minimum atomic E-state index is 0.402. The average molecular weight is 287 g/mol. The van der Waals surface area contributed by atoms with Crippen molar-refractivity contribution in [3.05, 3.63) is 57.8 Å². The van der Waals surface area contributed by atoms with Crippen molar-refractivity contribution in [1.29, 1.82) is 0 Å². The van der Waals surface area contributed by atoms with Gasteiger partial charge < -0.3 is 5.32 Å². The van der Waals surface area contributed by atoms with Crippen molar-refractivity contribution in [3.8, 4) is 0 Å². The highest BCUT2D eigenvalue weighted by Gasteiger charge is 2.18. The van der Waals surface area contributed by atoms with E-state index >= 15 is 0 Å². The summed E-state index contributed by atoms with van der Waals surface area (Å²) in [5.74, 6) is 0.685. The molecular weight excluding hydrogens is 262 g/mol. The predicted octanol–water partition coefficient (Wildman–Crippen LogP) is 5.49. The topological polar surface area (TPSA) is 12.0 Å². The molecule has 0 aliphatic rings. The van der Waals surface area contributed by atoms with E-state index in [-0.39, 0.29) is 0 Å². The number of benzene rings is 1. The molecule has 0 amide bonds. The van der Waals surface area contributed by atoms with Crippen LogP contribution in [0.5, 0.6) is 0 Å². The molecule has 2 unspecified atom stereocenters. The number of hydrogen-bond donors (Lipinski definition) is 1. The number of thiophene rings is 1. The minimum absolute atomic E-state index is 0.402. The summed E-state index contributed by atoms with van der Waals surface area (Å²) in [7, 11) is 0. The Morgan fingerprint density at radius 1 is 1.05 bits per heavy atom. The number of aryl methyl sites for hydroxylation is 1. The molecular formula is C18H25NS. The van der Waals surface area contributed by atoms with Gasteiger partial charge in [-0.3, -0.25) is 0 Å².